The van der Waals surface area contributed by atoms with Gasteiger partial charge in [0.25, 0.3) is 0 Å². The molecule has 1 radical (unpaired) electrons. The van der Waals surface area contributed by atoms with Gasteiger partial charge in [-0.2, -0.15) is 0 Å². The molecule has 0 atom stereocenters. The molecule has 1 heterocycles. The molecular formula is C17H19N2O. The van der Waals surface area contributed by atoms with E-state index in [4.69, 9.17) is 0 Å². The Balaban J connectivity index is 1.55. The van der Waals surface area contributed by atoms with Crippen molar-refractivity contribution >= 4 is 5.69 Å². The summed E-state index contributed by atoms with van der Waals surface area (Å²) in [6.07, 6.45) is 0. The molecule has 1 saturated heterocycles. The van der Waals surface area contributed by atoms with Crippen molar-refractivity contribution in [1.82, 2.24) is 4.90 Å². The molecule has 20 heavy (non-hydrogen) atoms. The van der Waals surface area contributed by atoms with Gasteiger partial charge in [0, 0.05) is 38.4 Å². The summed E-state index contributed by atoms with van der Waals surface area (Å²) >= 11 is 0. The van der Waals surface area contributed by atoms with Crippen LogP contribution in [0.3, 0.4) is 0 Å². The van der Waals surface area contributed by atoms with E-state index < -0.39 is 0 Å². The summed E-state index contributed by atoms with van der Waals surface area (Å²) in [6.45, 7) is 5.19. The highest BCUT2D eigenvalue weighted by Gasteiger charge is 2.17. The number of hydrogen-bond donors (Lipinski definition) is 0. The molecule has 1 aliphatic rings. The van der Waals surface area contributed by atoms with Crippen molar-refractivity contribution < 1.29 is 5.11 Å². The van der Waals surface area contributed by atoms with Gasteiger partial charge >= 0.3 is 0 Å². The highest BCUT2D eigenvalue weighted by molar-refractivity contribution is 5.49. The van der Waals surface area contributed by atoms with Gasteiger partial charge < -0.3 is 4.90 Å². The number of benzene rings is 2. The molecule has 1 aliphatic heterocycles. The summed E-state index contributed by atoms with van der Waals surface area (Å²) in [5, 5.41) is 11.1. The predicted octanol–water partition coefficient (Wildman–Crippen LogP) is 3.15. The maximum absolute atomic E-state index is 11.1. The van der Waals surface area contributed by atoms with E-state index in [-0.39, 0.29) is 5.75 Å². The topological polar surface area (TPSA) is 26.4 Å². The number of rotatable bonds is 3. The van der Waals surface area contributed by atoms with Gasteiger partial charge in [-0.15, -0.1) is 0 Å². The Hall–Kier alpha value is -2.00. The van der Waals surface area contributed by atoms with Gasteiger partial charge in [0.1, 0.15) is 0 Å². The Kier molecular flexibility index (Phi) is 3.88. The summed E-state index contributed by atoms with van der Waals surface area (Å²) in [4.78, 5) is 4.83. The van der Waals surface area contributed by atoms with Crippen molar-refractivity contribution in [1.29, 1.82) is 0 Å². The number of anilines is 1. The van der Waals surface area contributed by atoms with E-state index in [1.54, 1.807) is 12.1 Å². The highest BCUT2D eigenvalue weighted by Crippen LogP contribution is 2.20. The van der Waals surface area contributed by atoms with Gasteiger partial charge in [0.15, 0.2) is 5.75 Å². The summed E-state index contributed by atoms with van der Waals surface area (Å²) in [5.41, 5.74) is 2.53. The first-order valence-corrected chi connectivity index (χ1v) is 7.09. The zero-order chi connectivity index (χ0) is 13.8. The number of hydrogen-bond acceptors (Lipinski definition) is 2. The van der Waals surface area contributed by atoms with Gasteiger partial charge in [0.05, 0.1) is 0 Å². The number of piperazine rings is 1. The van der Waals surface area contributed by atoms with Gasteiger partial charge in [-0.1, -0.05) is 30.3 Å². The molecular weight excluding hydrogens is 248 g/mol. The van der Waals surface area contributed by atoms with Crippen molar-refractivity contribution in [3.63, 3.8) is 0 Å². The molecule has 2 aromatic carbocycles. The van der Waals surface area contributed by atoms with Crippen LogP contribution in [0.1, 0.15) is 5.56 Å². The van der Waals surface area contributed by atoms with E-state index in [2.05, 4.69) is 40.1 Å². The zero-order valence-corrected chi connectivity index (χ0v) is 11.5. The summed E-state index contributed by atoms with van der Waals surface area (Å²) < 4.78 is 0. The molecule has 0 amide bonds. The maximum Gasteiger partial charge on any atom is 0.178 e. The minimum atomic E-state index is 0.0801. The lowest BCUT2D eigenvalue weighted by Crippen LogP contribution is -2.45. The SMILES string of the molecule is [O]c1ccc(N2CCN(Cc3ccccc3)CC2)cc1. The third-order valence-corrected chi connectivity index (χ3v) is 3.82. The molecule has 0 N–H and O–H groups in total. The van der Waals surface area contributed by atoms with Crippen LogP contribution < -0.4 is 4.90 Å². The first-order valence-electron chi connectivity index (χ1n) is 7.09. The highest BCUT2D eigenvalue weighted by atomic mass is 16.3. The predicted molar refractivity (Wildman–Crippen MR) is 80.5 cm³/mol. The smallest absolute Gasteiger partial charge is 0.178 e. The fourth-order valence-corrected chi connectivity index (χ4v) is 2.66. The minimum Gasteiger partial charge on any atom is -0.369 e. The van der Waals surface area contributed by atoms with Crippen LogP contribution in [0.4, 0.5) is 5.69 Å². The number of nitrogens with zero attached hydrogens (tertiary/aromatic N) is 2. The third-order valence-electron chi connectivity index (χ3n) is 3.82. The molecule has 103 valence electrons. The molecule has 3 heteroatoms. The van der Waals surface area contributed by atoms with Crippen LogP contribution in [0.2, 0.25) is 0 Å². The van der Waals surface area contributed by atoms with Gasteiger partial charge in [-0.25, -0.2) is 0 Å². The van der Waals surface area contributed by atoms with Crippen LogP contribution in [0, 0.1) is 0 Å². The largest absolute Gasteiger partial charge is 0.369 e. The molecule has 2 aromatic rings. The van der Waals surface area contributed by atoms with Crippen LogP contribution >= 0.6 is 0 Å². The molecule has 0 aliphatic carbocycles. The molecule has 0 aromatic heterocycles. The molecule has 0 unspecified atom stereocenters. The Morgan fingerprint density at radius 3 is 2.10 bits per heavy atom. The minimum absolute atomic E-state index is 0.0801. The second-order valence-corrected chi connectivity index (χ2v) is 5.24. The van der Waals surface area contributed by atoms with Gasteiger partial charge in [0.2, 0.25) is 0 Å². The maximum atomic E-state index is 11.1. The fraction of sp³-hybridized carbons (Fsp3) is 0.294. The van der Waals surface area contributed by atoms with Gasteiger partial charge in [-0.3, -0.25) is 10.0 Å². The normalized spacial score (nSPS) is 16.3. The monoisotopic (exact) mass is 267 g/mol. The van der Waals surface area contributed by atoms with Crippen LogP contribution in [0.25, 0.3) is 0 Å². The van der Waals surface area contributed by atoms with E-state index in [9.17, 15) is 5.11 Å². The fourth-order valence-electron chi connectivity index (χ4n) is 2.66. The average molecular weight is 267 g/mol. The molecule has 1 fully saturated rings. The van der Waals surface area contributed by atoms with Crippen molar-refractivity contribution in [3.05, 3.63) is 60.2 Å². The second-order valence-electron chi connectivity index (χ2n) is 5.24. The standard InChI is InChI=1S/C17H19N2O/c20-17-8-6-16(7-9-17)19-12-10-18(11-13-19)14-15-4-2-1-3-5-15/h1-9H,10-14H2. The van der Waals surface area contributed by atoms with E-state index in [0.717, 1.165) is 38.4 Å². The Morgan fingerprint density at radius 2 is 1.45 bits per heavy atom. The van der Waals surface area contributed by atoms with Crippen molar-refractivity contribution in [2.24, 2.45) is 0 Å². The van der Waals surface area contributed by atoms with E-state index in [0.29, 0.717) is 0 Å². The van der Waals surface area contributed by atoms with Crippen LogP contribution in [0.15, 0.2) is 54.6 Å². The van der Waals surface area contributed by atoms with E-state index in [1.165, 1.54) is 5.56 Å². The lowest BCUT2D eigenvalue weighted by Gasteiger charge is -2.36. The molecule has 0 spiro atoms. The first kappa shape index (κ1) is 13.0. The van der Waals surface area contributed by atoms with Gasteiger partial charge in [-0.05, 0) is 29.8 Å². The Bertz CT molecular complexity index is 531. The molecule has 3 nitrogen and oxygen atoms in total. The lowest BCUT2D eigenvalue weighted by molar-refractivity contribution is 0.250. The Labute approximate surface area is 120 Å². The van der Waals surface area contributed by atoms with E-state index in [1.807, 2.05) is 12.1 Å². The van der Waals surface area contributed by atoms with Crippen molar-refractivity contribution in [3.8, 4) is 5.75 Å². The molecule has 3 rings (SSSR count). The second kappa shape index (κ2) is 5.97. The van der Waals surface area contributed by atoms with Crippen LogP contribution in [-0.2, 0) is 11.7 Å². The van der Waals surface area contributed by atoms with Crippen molar-refractivity contribution in [2.45, 2.75) is 6.54 Å². The summed E-state index contributed by atoms with van der Waals surface area (Å²) in [6, 6.07) is 17.7. The first-order chi connectivity index (χ1) is 9.81. The zero-order valence-electron chi connectivity index (χ0n) is 11.5. The van der Waals surface area contributed by atoms with Crippen LogP contribution in [0.5, 0.6) is 5.75 Å². The van der Waals surface area contributed by atoms with Crippen LogP contribution in [-0.4, -0.2) is 31.1 Å². The lowest BCUT2D eigenvalue weighted by atomic mass is 10.2. The molecule has 0 bridgehead atoms. The summed E-state index contributed by atoms with van der Waals surface area (Å²) in [5.74, 6) is 0.0801. The third kappa shape index (κ3) is 3.11. The Morgan fingerprint density at radius 1 is 0.800 bits per heavy atom. The van der Waals surface area contributed by atoms with Crippen molar-refractivity contribution in [2.75, 3.05) is 31.1 Å². The van der Waals surface area contributed by atoms with E-state index >= 15 is 0 Å². The summed E-state index contributed by atoms with van der Waals surface area (Å²) in [7, 11) is 0. The quantitative estimate of drug-likeness (QED) is 0.854. The average Bonchev–Trinajstić information content (AvgIpc) is 2.50. The molecule has 0 saturated carbocycles.